The second-order valence-corrected chi connectivity index (χ2v) is 8.46. The van der Waals surface area contributed by atoms with Crippen molar-refractivity contribution in [1.82, 2.24) is 0 Å². The maximum atomic E-state index is 13.2. The summed E-state index contributed by atoms with van der Waals surface area (Å²) in [6.45, 7) is 1.66. The van der Waals surface area contributed by atoms with Crippen LogP contribution in [0.4, 0.5) is 0 Å². The minimum absolute atomic E-state index is 0.00712. The predicted octanol–water partition coefficient (Wildman–Crippen LogP) is 0.385. The van der Waals surface area contributed by atoms with Crippen LogP contribution in [0.25, 0.3) is 0 Å². The van der Waals surface area contributed by atoms with Crippen molar-refractivity contribution in [2.75, 3.05) is 0 Å². The molecule has 26 heavy (non-hydrogen) atoms. The number of phenolic OH excluding ortho intramolecular Hbond substituents is 1. The smallest absolute Gasteiger partial charge is 0.184 e. The Kier molecular flexibility index (Phi) is 2.75. The molecule has 2 heterocycles. The van der Waals surface area contributed by atoms with Gasteiger partial charge in [0.1, 0.15) is 23.1 Å². The molecule has 3 aliphatic carbocycles. The number of hydrogen-bond donors (Lipinski definition) is 4. The first-order valence-corrected chi connectivity index (χ1v) is 8.82. The summed E-state index contributed by atoms with van der Waals surface area (Å²) in [5.74, 6) is -2.39. The summed E-state index contributed by atoms with van der Waals surface area (Å²) >= 11 is 0. The van der Waals surface area contributed by atoms with Gasteiger partial charge in [0.05, 0.1) is 17.1 Å². The van der Waals surface area contributed by atoms with Crippen LogP contribution in [-0.4, -0.2) is 54.4 Å². The van der Waals surface area contributed by atoms with Crippen LogP contribution < -0.4 is 0 Å². The minimum atomic E-state index is -2.38. The lowest BCUT2D eigenvalue weighted by molar-refractivity contribution is -0.394. The molecule has 1 aromatic rings. The largest absolute Gasteiger partial charge is 0.507 e. The Bertz CT molecular complexity index is 881. The van der Waals surface area contributed by atoms with Crippen LogP contribution in [0.15, 0.2) is 18.2 Å². The molecular formula is C19H20O7. The number of carbonyl (C=O) groups is 2. The van der Waals surface area contributed by atoms with Gasteiger partial charge in [-0.3, -0.25) is 9.59 Å². The van der Waals surface area contributed by atoms with E-state index >= 15 is 0 Å². The second-order valence-electron chi connectivity index (χ2n) is 8.46. The van der Waals surface area contributed by atoms with Crippen LogP contribution in [0.5, 0.6) is 5.75 Å². The molecule has 1 spiro atoms. The van der Waals surface area contributed by atoms with Gasteiger partial charge in [-0.15, -0.1) is 0 Å². The molecule has 4 fully saturated rings. The number of Topliss-reactive ketones (excluding diaryl/α,β-unsaturated/α-hetero) is 2. The van der Waals surface area contributed by atoms with Crippen LogP contribution in [0.3, 0.4) is 0 Å². The van der Waals surface area contributed by atoms with E-state index in [0.29, 0.717) is 0 Å². The highest BCUT2D eigenvalue weighted by Crippen LogP contribution is 2.68. The Morgan fingerprint density at radius 1 is 1.23 bits per heavy atom. The average Bonchev–Trinajstić information content (AvgIpc) is 2.54. The zero-order valence-corrected chi connectivity index (χ0v) is 14.2. The number of ketones is 2. The first-order chi connectivity index (χ1) is 12.1. The van der Waals surface area contributed by atoms with Crippen LogP contribution >= 0.6 is 0 Å². The van der Waals surface area contributed by atoms with Gasteiger partial charge >= 0.3 is 0 Å². The summed E-state index contributed by atoms with van der Waals surface area (Å²) in [6.07, 6.45) is -1.38. The number of carbonyl (C=O) groups excluding carboxylic acids is 2. The van der Waals surface area contributed by atoms with Gasteiger partial charge in [0.15, 0.2) is 17.2 Å². The van der Waals surface area contributed by atoms with Crippen molar-refractivity contribution in [3.63, 3.8) is 0 Å². The lowest BCUT2D eigenvalue weighted by atomic mass is 9.44. The number of rotatable bonds is 0. The van der Waals surface area contributed by atoms with Crippen molar-refractivity contribution in [3.05, 3.63) is 29.3 Å². The molecule has 4 N–H and O–H groups in total. The molecule has 138 valence electrons. The normalized spacial score (nSPS) is 48.9. The van der Waals surface area contributed by atoms with Crippen LogP contribution in [0, 0.1) is 5.92 Å². The Morgan fingerprint density at radius 3 is 2.69 bits per heavy atom. The average molecular weight is 360 g/mol. The lowest BCUT2D eigenvalue weighted by Crippen LogP contribution is -2.88. The van der Waals surface area contributed by atoms with Crippen LogP contribution in [0.2, 0.25) is 0 Å². The molecule has 1 aromatic carbocycles. The van der Waals surface area contributed by atoms with E-state index in [1.165, 1.54) is 18.2 Å². The van der Waals surface area contributed by atoms with Gasteiger partial charge in [-0.1, -0.05) is 12.1 Å². The zero-order valence-electron chi connectivity index (χ0n) is 14.2. The summed E-state index contributed by atoms with van der Waals surface area (Å²) < 4.78 is 6.17. The molecule has 7 nitrogen and oxygen atoms in total. The highest BCUT2D eigenvalue weighted by Gasteiger charge is 2.84. The first kappa shape index (κ1) is 16.4. The van der Waals surface area contributed by atoms with Crippen molar-refractivity contribution >= 4 is 11.6 Å². The molecule has 0 aromatic heterocycles. The van der Waals surface area contributed by atoms with Gasteiger partial charge in [-0.05, 0) is 31.4 Å². The predicted molar refractivity (Wildman–Crippen MR) is 86.5 cm³/mol. The minimum Gasteiger partial charge on any atom is -0.507 e. The maximum Gasteiger partial charge on any atom is 0.184 e. The fourth-order valence-electron chi connectivity index (χ4n) is 6.09. The molecular weight excluding hydrogens is 340 g/mol. The summed E-state index contributed by atoms with van der Waals surface area (Å²) in [5.41, 5.74) is -7.08. The first-order valence-electron chi connectivity index (χ1n) is 8.82. The second kappa shape index (κ2) is 4.36. The quantitative estimate of drug-likeness (QED) is 0.527. The number of aliphatic hydroxyl groups excluding tert-OH is 1. The number of aliphatic hydroxyl groups is 3. The number of aromatic hydroxyl groups is 1. The third-order valence-electron chi connectivity index (χ3n) is 6.96. The maximum absolute atomic E-state index is 13.2. The summed E-state index contributed by atoms with van der Waals surface area (Å²) in [6, 6.07) is 4.30. The molecule has 0 radical (unpaired) electrons. The van der Waals surface area contributed by atoms with E-state index in [1.54, 1.807) is 6.92 Å². The fourth-order valence-corrected chi connectivity index (χ4v) is 6.09. The van der Waals surface area contributed by atoms with Gasteiger partial charge in [0.2, 0.25) is 0 Å². The van der Waals surface area contributed by atoms with E-state index in [4.69, 9.17) is 4.74 Å². The Labute approximate surface area is 149 Å². The van der Waals surface area contributed by atoms with Crippen molar-refractivity contribution in [2.24, 2.45) is 5.92 Å². The number of fused-ring (bicyclic) bond motifs is 2. The third-order valence-corrected chi connectivity index (χ3v) is 6.96. The van der Waals surface area contributed by atoms with Gasteiger partial charge in [-0.25, -0.2) is 0 Å². The fraction of sp³-hybridized carbons (Fsp3) is 0.579. The number of ether oxygens (including phenoxy) is 1. The van der Waals surface area contributed by atoms with Crippen LogP contribution in [0.1, 0.15) is 54.6 Å². The lowest BCUT2D eigenvalue weighted by Gasteiger charge is -2.71. The van der Waals surface area contributed by atoms with Crippen molar-refractivity contribution in [2.45, 2.75) is 61.1 Å². The monoisotopic (exact) mass is 360 g/mol. The number of phenols is 1. The molecule has 6 rings (SSSR count). The summed E-state index contributed by atoms with van der Waals surface area (Å²) in [5, 5.41) is 44.1. The third kappa shape index (κ3) is 1.44. The van der Waals surface area contributed by atoms with Gasteiger partial charge in [0, 0.05) is 12.8 Å². The number of benzene rings is 1. The Morgan fingerprint density at radius 2 is 1.96 bits per heavy atom. The SMILES string of the molecule is CC12CC(=O)C3(O)C(O)(CCC4C(=O)c5c(O)cccc5C(O)C43O1)C2. The Hall–Kier alpha value is -1.80. The van der Waals surface area contributed by atoms with Crippen LogP contribution in [-0.2, 0) is 9.53 Å². The van der Waals surface area contributed by atoms with E-state index in [9.17, 15) is 30.0 Å². The van der Waals surface area contributed by atoms with E-state index in [1.807, 2.05) is 0 Å². The highest BCUT2D eigenvalue weighted by atomic mass is 16.6. The molecule has 7 heteroatoms. The van der Waals surface area contributed by atoms with Gasteiger partial charge < -0.3 is 25.2 Å². The molecule has 6 atom stereocenters. The molecule has 0 amide bonds. The van der Waals surface area contributed by atoms with Crippen molar-refractivity contribution in [3.8, 4) is 5.75 Å². The standard InChI is InChI=1S/C19H20O7/c1-16-7-12(21)19(25)17(24,8-16)6-5-10-14(22)13-9(3-2-4-11(13)20)15(23)18(10,19)26-16/h2-4,10,15,20,23-25H,5-8H2,1H3. The molecule has 4 bridgehead atoms. The molecule has 2 saturated heterocycles. The van der Waals surface area contributed by atoms with E-state index in [0.717, 1.165) is 0 Å². The van der Waals surface area contributed by atoms with E-state index < -0.39 is 46.0 Å². The number of hydrogen-bond acceptors (Lipinski definition) is 7. The zero-order chi connectivity index (χ0) is 18.7. The topological polar surface area (TPSA) is 124 Å². The molecule has 2 aliphatic heterocycles. The Balaban J connectivity index is 1.85. The van der Waals surface area contributed by atoms with E-state index in [-0.39, 0.29) is 42.6 Å². The van der Waals surface area contributed by atoms with Crippen molar-refractivity contribution < 1.29 is 34.8 Å². The molecule has 6 unspecified atom stereocenters. The molecule has 5 aliphatic rings. The molecule has 2 saturated carbocycles. The van der Waals surface area contributed by atoms with Gasteiger partial charge in [-0.2, -0.15) is 0 Å². The van der Waals surface area contributed by atoms with Crippen molar-refractivity contribution in [1.29, 1.82) is 0 Å². The van der Waals surface area contributed by atoms with Gasteiger partial charge in [0.25, 0.3) is 0 Å². The summed E-state index contributed by atoms with van der Waals surface area (Å²) in [4.78, 5) is 26.1. The van der Waals surface area contributed by atoms with E-state index in [2.05, 4.69) is 0 Å². The highest BCUT2D eigenvalue weighted by molar-refractivity contribution is 6.06. The summed E-state index contributed by atoms with van der Waals surface area (Å²) in [7, 11) is 0.